The quantitative estimate of drug-likeness (QED) is 0.128. The summed E-state index contributed by atoms with van der Waals surface area (Å²) in [5.74, 6) is 8.33. The van der Waals surface area contributed by atoms with E-state index in [4.69, 9.17) is 0 Å². The first-order chi connectivity index (χ1) is 62.3. The highest BCUT2D eigenvalue weighted by Crippen LogP contribution is 1.92. The third-order valence-electron chi connectivity index (χ3n) is 3.55. The van der Waals surface area contributed by atoms with Gasteiger partial charge in [-0.1, -0.05) is 502 Å². The molecule has 0 saturated carbocycles. The van der Waals surface area contributed by atoms with Gasteiger partial charge in [0.15, 0.2) is 12.7 Å². The number of nitrogens with one attached hydrogen (secondary N) is 3. The number of hydrogen-bond acceptors (Lipinski definition) is 19. The van der Waals surface area contributed by atoms with Gasteiger partial charge >= 0.3 is 0 Å². The van der Waals surface area contributed by atoms with Crippen molar-refractivity contribution in [1.82, 2.24) is 75.2 Å². The highest BCUT2D eigenvalue weighted by Gasteiger charge is 1.73. The van der Waals surface area contributed by atoms with E-state index in [-0.39, 0.29) is 0 Å². The van der Waals surface area contributed by atoms with Crippen molar-refractivity contribution in [1.29, 1.82) is 0 Å². The highest BCUT2D eigenvalue weighted by atomic mass is 32.1. The van der Waals surface area contributed by atoms with E-state index in [1.807, 2.05) is 342 Å². The summed E-state index contributed by atoms with van der Waals surface area (Å²) in [6.45, 7) is 145. The number of rotatable bonds is 0. The Balaban J connectivity index is -0.0000000284. The lowest BCUT2D eigenvalue weighted by atomic mass is 10.3. The van der Waals surface area contributed by atoms with Gasteiger partial charge in [0.05, 0.1) is 36.6 Å². The van der Waals surface area contributed by atoms with E-state index in [2.05, 4.69) is 301 Å². The van der Waals surface area contributed by atoms with Crippen molar-refractivity contribution < 1.29 is 17.8 Å². The molecule has 3 N–H and O–H groups in total. The minimum atomic E-state index is 0.833. The predicted octanol–water partition coefficient (Wildman–Crippen LogP) is 43.3. The van der Waals surface area contributed by atoms with Crippen LogP contribution in [-0.2, 0) is 0 Å². The van der Waals surface area contributed by atoms with Gasteiger partial charge in [0, 0.05) is 24.0 Å². The first-order valence-corrected chi connectivity index (χ1v) is 53.4. The second-order valence-electron chi connectivity index (χ2n) is 24.2. The number of furan rings is 1. The molecule has 0 aliphatic rings. The molecule has 0 saturated heterocycles. The van der Waals surface area contributed by atoms with Gasteiger partial charge in [-0.05, 0) is 106 Å². The molecule has 0 aliphatic heterocycles. The molecule has 22 heteroatoms. The van der Waals surface area contributed by atoms with Gasteiger partial charge < -0.3 is 22.8 Å². The number of nitrogens with zero attached hydrogens (tertiary/aromatic N) is 12. The van der Waals surface area contributed by atoms with Crippen LogP contribution in [-0.4, -0.2) is 75.2 Å². The van der Waals surface area contributed by atoms with E-state index in [1.54, 1.807) is 71.0 Å². The van der Waals surface area contributed by atoms with Crippen LogP contribution in [0, 0.1) is 59.2 Å². The second-order valence-corrected chi connectivity index (χ2v) is 26.4. The smallest absolute Gasteiger partial charge is 0.213 e. The molecule has 0 aliphatic carbocycles. The molecule has 0 radical (unpaired) electrons. The van der Waals surface area contributed by atoms with Gasteiger partial charge in [0.1, 0.15) is 30.8 Å². The number of aromatic nitrogens is 15. The van der Waals surface area contributed by atoms with Crippen LogP contribution >= 0.6 is 34.2 Å². The van der Waals surface area contributed by atoms with Gasteiger partial charge in [-0.3, -0.25) is 10.1 Å². The molecule has 0 aromatic carbocycles. The first kappa shape index (κ1) is 212. The number of aromatic amines is 3. The summed E-state index contributed by atoms with van der Waals surface area (Å²) in [7, 11) is 0. The van der Waals surface area contributed by atoms with Gasteiger partial charge in [-0.25, -0.2) is 19.9 Å². The zero-order chi connectivity index (χ0) is 111. The summed E-state index contributed by atoms with van der Waals surface area (Å²) in [4.78, 5) is 20.8. The maximum absolute atomic E-state index is 4.58. The van der Waals surface area contributed by atoms with E-state index >= 15 is 0 Å². The van der Waals surface area contributed by atoms with Gasteiger partial charge in [-0.2, -0.15) is 36.2 Å². The molecule has 0 spiro atoms. The van der Waals surface area contributed by atoms with Crippen LogP contribution < -0.4 is 0 Å². The second kappa shape index (κ2) is 335. The lowest BCUT2D eigenvalue weighted by Gasteiger charge is -1.79. The Hall–Kier alpha value is -6.78. The molecule has 0 fully saturated rings. The summed E-state index contributed by atoms with van der Waals surface area (Å²) in [6.07, 6.45) is 26.0. The monoisotopic (exact) mass is 1920 g/mol. The number of H-pyrrole nitrogens is 3. The molecule has 800 valence electrons. The summed E-state index contributed by atoms with van der Waals surface area (Å²) < 4.78 is 21.3. The van der Waals surface area contributed by atoms with Crippen molar-refractivity contribution in [2.45, 2.75) is 485 Å². The molecule has 10 aromatic rings. The number of thiazole rings is 1. The Morgan fingerprint density at radius 2 is 0.546 bits per heavy atom. The number of thiophene rings is 1. The van der Waals surface area contributed by atoms with Crippen LogP contribution in [0.5, 0.6) is 0 Å². The Labute approximate surface area is 836 Å². The van der Waals surface area contributed by atoms with Gasteiger partial charge in [0.2, 0.25) is 19.2 Å². The largest absolute Gasteiger partial charge is 0.473 e. The van der Waals surface area contributed by atoms with Crippen molar-refractivity contribution in [3.8, 4) is 0 Å². The fourth-order valence-corrected chi connectivity index (χ4v) is 2.90. The van der Waals surface area contributed by atoms with Crippen LogP contribution in [0.1, 0.15) is 485 Å². The third-order valence-corrected chi connectivity index (χ3v) is 5.13. The predicted molar refractivity (Wildman–Crippen MR) is 616 cm³/mol. The normalized spacial score (nSPS) is 6.77. The molecular weight excluding hydrogens is 1670 g/mol. The van der Waals surface area contributed by atoms with Crippen molar-refractivity contribution in [2.24, 2.45) is 59.2 Å². The van der Waals surface area contributed by atoms with Crippen LogP contribution in [0.25, 0.3) is 0 Å². The molecule has 0 bridgehead atoms. The highest BCUT2D eigenvalue weighted by molar-refractivity contribution is 7.07. The van der Waals surface area contributed by atoms with Crippen molar-refractivity contribution in [3.63, 3.8) is 0 Å². The SMILES string of the molecule is CC.CC.CC.CC.CC.CC.CC.CC.CC.CC.CC.CC.CC.CC.CC.CC.CC.CC.CC.CC.CC(C)C.CC(C)C.CC(C)C.CC(C)C.CC(C)C.CC(C)C.CC(C)C.CC(C)C.CC(C)C.CC(C)C.c1cc[nH]c1.c1ccoc1.c1ccsc1.c1cn[nH]n1.c1cocn1.c1cscn1.c1nc[nH]n1.c1ncon1.c1ncsn1.c1nnco1. The average Bonchev–Trinajstić information content (AvgIpc) is 2.10. The minimum absolute atomic E-state index is 0.833. The standard InChI is InChI=1S/C4H5N.C4H4O.C4H4S.10C4H10.C3H3NO.C3H3NS.2C2H3N3.2C2H2N2O.C2H2N2S.20C2H6/c3*1-2-4-5-3-1;10*1-4(2)3;2*1-2-5-3-4-1;1-3-2-5-4-1;1-2-4-5-3-1;1-3-4-2-5-1;2*1-3-2-5-4-1;20*1-2/h1-5H;2*1-4H;10*4H,1-3H3;2*1-3H;2*1-2H,(H,3,4,5);3*1-2H;20*1-2H3. The molecule has 0 unspecified atom stereocenters. The molecule has 0 amide bonds. The van der Waals surface area contributed by atoms with Crippen LogP contribution in [0.15, 0.2) is 188 Å². The number of oxazole rings is 1. The Morgan fingerprint density at radius 3 is 0.623 bits per heavy atom. The molecule has 10 aromatic heterocycles. The Kier molecular flexibility index (Phi) is 546. The molecule has 0 atom stereocenters. The summed E-state index contributed by atoms with van der Waals surface area (Å²) in [5.41, 5.74) is 3.47. The molecule has 130 heavy (non-hydrogen) atoms. The molecule has 10 heterocycles. The lowest BCUT2D eigenvalue weighted by Crippen LogP contribution is -1.66. The third kappa shape index (κ3) is 938. The maximum atomic E-state index is 4.58. The molecular formula is C108H251N15O4S3. The fourth-order valence-electron chi connectivity index (χ4n) is 1.82. The Morgan fingerprint density at radius 1 is 0.238 bits per heavy atom. The molecule has 19 nitrogen and oxygen atoms in total. The average molecular weight is 1920 g/mol. The maximum Gasteiger partial charge on any atom is 0.213 e. The van der Waals surface area contributed by atoms with Gasteiger partial charge in [0.25, 0.3) is 0 Å². The fraction of sp³-hybridized carbons (Fsp3) is 0.741. The van der Waals surface area contributed by atoms with Crippen LogP contribution in [0.3, 0.4) is 0 Å². The van der Waals surface area contributed by atoms with Crippen molar-refractivity contribution in [2.75, 3.05) is 0 Å². The summed E-state index contributed by atoms with van der Waals surface area (Å²) >= 11 is 4.67. The van der Waals surface area contributed by atoms with E-state index in [1.165, 1.54) is 68.7 Å². The summed E-state index contributed by atoms with van der Waals surface area (Å²) in [5, 5.41) is 31.2. The van der Waals surface area contributed by atoms with Crippen LogP contribution in [0.2, 0.25) is 0 Å². The topological polar surface area (TPSA) is 255 Å². The van der Waals surface area contributed by atoms with E-state index in [9.17, 15) is 0 Å². The minimum Gasteiger partial charge on any atom is -0.473 e. The van der Waals surface area contributed by atoms with Crippen molar-refractivity contribution in [3.05, 3.63) is 170 Å². The van der Waals surface area contributed by atoms with Crippen LogP contribution in [0.4, 0.5) is 0 Å². The first-order valence-electron chi connectivity index (χ1n) is 50.6. The number of hydrogen-bond donors (Lipinski definition) is 3. The Bertz CT molecular complexity index is 1480. The zero-order valence-electron chi connectivity index (χ0n) is 102. The zero-order valence-corrected chi connectivity index (χ0v) is 104. The van der Waals surface area contributed by atoms with Crippen molar-refractivity contribution >= 4 is 34.2 Å². The molecule has 10 rings (SSSR count). The summed E-state index contributed by atoms with van der Waals surface area (Å²) in [6, 6.07) is 11.6. The lowest BCUT2D eigenvalue weighted by molar-refractivity contribution is 0.416. The van der Waals surface area contributed by atoms with Gasteiger partial charge in [-0.15, -0.1) is 21.5 Å². The van der Waals surface area contributed by atoms with E-state index < -0.39 is 0 Å². The van der Waals surface area contributed by atoms with E-state index in [0.717, 1.165) is 59.2 Å². The van der Waals surface area contributed by atoms with E-state index in [0.29, 0.717) is 0 Å².